The second-order valence-corrected chi connectivity index (χ2v) is 5.21. The van der Waals surface area contributed by atoms with Crippen LogP contribution in [-0.4, -0.2) is 34.3 Å². The highest BCUT2D eigenvalue weighted by atomic mass is 16.4. The minimum atomic E-state index is -0.921. The molecule has 0 radical (unpaired) electrons. The quantitative estimate of drug-likeness (QED) is 0.635. The molecule has 20 heavy (non-hydrogen) atoms. The molecule has 1 aromatic rings. The number of carboxylic acid groups (broad SMARTS) is 1. The second-order valence-electron chi connectivity index (χ2n) is 5.21. The summed E-state index contributed by atoms with van der Waals surface area (Å²) < 4.78 is 0. The van der Waals surface area contributed by atoms with E-state index >= 15 is 0 Å². The molecular formula is C15H22N2O3. The number of rotatable bonds is 8. The first kappa shape index (κ1) is 14.8. The fraction of sp³-hybridized carbons (Fsp3) is 0.600. The Morgan fingerprint density at radius 3 is 2.80 bits per heavy atom. The van der Waals surface area contributed by atoms with Gasteiger partial charge in [-0.2, -0.15) is 0 Å². The van der Waals surface area contributed by atoms with Crippen molar-refractivity contribution in [3.8, 4) is 0 Å². The smallest absolute Gasteiger partial charge is 0.339 e. The lowest BCUT2D eigenvalue weighted by Crippen LogP contribution is -2.11. The molecule has 0 bridgehead atoms. The first-order valence-corrected chi connectivity index (χ1v) is 7.33. The van der Waals surface area contributed by atoms with Gasteiger partial charge in [0.15, 0.2) is 0 Å². The van der Waals surface area contributed by atoms with Crippen LogP contribution in [0.4, 0.5) is 5.82 Å². The molecule has 0 aliphatic heterocycles. The SMILES string of the molecule is O=C(O)c1cc2c(nc1NCCCCCCO)CCC2. The van der Waals surface area contributed by atoms with E-state index in [-0.39, 0.29) is 12.2 Å². The third-order valence-corrected chi connectivity index (χ3v) is 3.66. The molecule has 0 saturated heterocycles. The van der Waals surface area contributed by atoms with Crippen molar-refractivity contribution in [3.63, 3.8) is 0 Å². The minimum absolute atomic E-state index is 0.239. The number of carboxylic acids is 1. The average molecular weight is 278 g/mol. The predicted octanol–water partition coefficient (Wildman–Crippen LogP) is 2.23. The summed E-state index contributed by atoms with van der Waals surface area (Å²) in [4.78, 5) is 15.8. The van der Waals surface area contributed by atoms with Gasteiger partial charge < -0.3 is 15.5 Å². The van der Waals surface area contributed by atoms with Crippen LogP contribution in [0.2, 0.25) is 0 Å². The first-order chi connectivity index (χ1) is 9.72. The highest BCUT2D eigenvalue weighted by Gasteiger charge is 2.19. The molecule has 1 aliphatic carbocycles. The van der Waals surface area contributed by atoms with E-state index in [1.54, 1.807) is 6.07 Å². The van der Waals surface area contributed by atoms with Crippen molar-refractivity contribution in [2.75, 3.05) is 18.5 Å². The normalized spacial score (nSPS) is 13.2. The molecule has 0 amide bonds. The van der Waals surface area contributed by atoms with Crippen LogP contribution < -0.4 is 5.32 Å². The van der Waals surface area contributed by atoms with Crippen molar-refractivity contribution in [1.82, 2.24) is 4.98 Å². The van der Waals surface area contributed by atoms with Crippen molar-refractivity contribution < 1.29 is 15.0 Å². The first-order valence-electron chi connectivity index (χ1n) is 7.33. The largest absolute Gasteiger partial charge is 0.478 e. The number of aliphatic hydroxyl groups excluding tert-OH is 1. The molecule has 0 atom stereocenters. The summed E-state index contributed by atoms with van der Waals surface area (Å²) in [5.41, 5.74) is 2.40. The Bertz CT molecular complexity index is 474. The summed E-state index contributed by atoms with van der Waals surface area (Å²) >= 11 is 0. The van der Waals surface area contributed by atoms with Gasteiger partial charge in [0.25, 0.3) is 0 Å². The molecule has 0 saturated carbocycles. The number of nitrogens with zero attached hydrogens (tertiary/aromatic N) is 1. The molecular weight excluding hydrogens is 256 g/mol. The Balaban J connectivity index is 1.94. The van der Waals surface area contributed by atoms with Gasteiger partial charge in [-0.15, -0.1) is 0 Å². The van der Waals surface area contributed by atoms with Gasteiger partial charge in [0.05, 0.1) is 0 Å². The Morgan fingerprint density at radius 2 is 2.05 bits per heavy atom. The van der Waals surface area contributed by atoms with Gasteiger partial charge >= 0.3 is 5.97 Å². The van der Waals surface area contributed by atoms with Gasteiger partial charge in [0.1, 0.15) is 11.4 Å². The van der Waals surface area contributed by atoms with Crippen molar-refractivity contribution in [2.45, 2.75) is 44.9 Å². The maximum Gasteiger partial charge on any atom is 0.339 e. The van der Waals surface area contributed by atoms with E-state index in [0.717, 1.165) is 62.7 Å². The molecule has 1 aliphatic rings. The molecule has 2 rings (SSSR count). The van der Waals surface area contributed by atoms with Crippen LogP contribution >= 0.6 is 0 Å². The van der Waals surface area contributed by atoms with E-state index in [0.29, 0.717) is 5.82 Å². The molecule has 0 unspecified atom stereocenters. The number of anilines is 1. The monoisotopic (exact) mass is 278 g/mol. The number of carbonyl (C=O) groups is 1. The Hall–Kier alpha value is -1.62. The summed E-state index contributed by atoms with van der Waals surface area (Å²) in [6.07, 6.45) is 6.76. The Labute approximate surface area is 119 Å². The minimum Gasteiger partial charge on any atom is -0.478 e. The molecule has 5 heteroatoms. The number of unbranched alkanes of at least 4 members (excludes halogenated alkanes) is 3. The van der Waals surface area contributed by atoms with Crippen molar-refractivity contribution in [3.05, 3.63) is 22.9 Å². The van der Waals surface area contributed by atoms with E-state index in [1.807, 2.05) is 0 Å². The fourth-order valence-electron chi connectivity index (χ4n) is 2.57. The molecule has 1 aromatic heterocycles. The molecule has 3 N–H and O–H groups in total. The zero-order valence-electron chi connectivity index (χ0n) is 11.7. The molecule has 0 aromatic carbocycles. The van der Waals surface area contributed by atoms with E-state index in [2.05, 4.69) is 10.3 Å². The summed E-state index contributed by atoms with van der Waals surface area (Å²) in [6.45, 7) is 0.959. The van der Waals surface area contributed by atoms with Gasteiger partial charge in [0.2, 0.25) is 0 Å². The van der Waals surface area contributed by atoms with Crippen molar-refractivity contribution in [2.24, 2.45) is 0 Å². The number of aryl methyl sites for hydroxylation is 2. The second kappa shape index (κ2) is 7.24. The Morgan fingerprint density at radius 1 is 1.25 bits per heavy atom. The number of hydrogen-bond acceptors (Lipinski definition) is 4. The zero-order valence-corrected chi connectivity index (χ0v) is 11.7. The average Bonchev–Trinajstić information content (AvgIpc) is 2.88. The van der Waals surface area contributed by atoms with Crippen LogP contribution in [0.1, 0.15) is 53.7 Å². The van der Waals surface area contributed by atoms with Crippen molar-refractivity contribution in [1.29, 1.82) is 0 Å². The summed E-state index contributed by atoms with van der Waals surface area (Å²) in [5.74, 6) is -0.421. The number of hydrogen-bond donors (Lipinski definition) is 3. The van der Waals surface area contributed by atoms with Gasteiger partial charge in [-0.3, -0.25) is 0 Å². The van der Waals surface area contributed by atoms with Crippen LogP contribution in [0.5, 0.6) is 0 Å². The van der Waals surface area contributed by atoms with Gasteiger partial charge in [0, 0.05) is 18.8 Å². The van der Waals surface area contributed by atoms with E-state index in [9.17, 15) is 9.90 Å². The number of fused-ring (bicyclic) bond motifs is 1. The predicted molar refractivity (Wildman–Crippen MR) is 77.3 cm³/mol. The molecule has 5 nitrogen and oxygen atoms in total. The summed E-state index contributed by atoms with van der Waals surface area (Å²) in [5, 5.41) is 21.1. The van der Waals surface area contributed by atoms with Crippen LogP contribution in [0.3, 0.4) is 0 Å². The molecule has 110 valence electrons. The van der Waals surface area contributed by atoms with Crippen LogP contribution in [0, 0.1) is 0 Å². The number of pyridine rings is 1. The van der Waals surface area contributed by atoms with Crippen LogP contribution in [0.25, 0.3) is 0 Å². The third kappa shape index (κ3) is 3.70. The number of nitrogens with one attached hydrogen (secondary N) is 1. The molecule has 0 fully saturated rings. The van der Waals surface area contributed by atoms with Gasteiger partial charge in [-0.1, -0.05) is 12.8 Å². The lowest BCUT2D eigenvalue weighted by molar-refractivity contribution is 0.0697. The fourth-order valence-corrected chi connectivity index (χ4v) is 2.57. The standard InChI is InChI=1S/C15H22N2O3/c18-9-4-2-1-3-8-16-14-12(15(19)20)10-11-6-5-7-13(11)17-14/h10,18H,1-9H2,(H,16,17)(H,19,20). The summed E-state index contributed by atoms with van der Waals surface area (Å²) in [7, 11) is 0. The lowest BCUT2D eigenvalue weighted by atomic mass is 10.1. The molecule has 0 spiro atoms. The third-order valence-electron chi connectivity index (χ3n) is 3.66. The highest BCUT2D eigenvalue weighted by molar-refractivity contribution is 5.93. The highest BCUT2D eigenvalue weighted by Crippen LogP contribution is 2.25. The lowest BCUT2D eigenvalue weighted by Gasteiger charge is -2.11. The van der Waals surface area contributed by atoms with E-state index in [1.165, 1.54) is 0 Å². The Kier molecular flexibility index (Phi) is 5.35. The van der Waals surface area contributed by atoms with Gasteiger partial charge in [-0.25, -0.2) is 9.78 Å². The topological polar surface area (TPSA) is 82.5 Å². The number of aromatic nitrogens is 1. The van der Waals surface area contributed by atoms with Crippen LogP contribution in [0.15, 0.2) is 6.07 Å². The zero-order chi connectivity index (χ0) is 14.4. The number of aliphatic hydroxyl groups is 1. The van der Waals surface area contributed by atoms with Crippen molar-refractivity contribution >= 4 is 11.8 Å². The van der Waals surface area contributed by atoms with Crippen LogP contribution in [-0.2, 0) is 12.8 Å². The van der Waals surface area contributed by atoms with Gasteiger partial charge in [-0.05, 0) is 43.7 Å². The number of aromatic carboxylic acids is 1. The maximum absolute atomic E-state index is 11.3. The van der Waals surface area contributed by atoms with E-state index in [4.69, 9.17) is 5.11 Å². The molecule has 1 heterocycles. The maximum atomic E-state index is 11.3. The summed E-state index contributed by atoms with van der Waals surface area (Å²) in [6, 6.07) is 1.77. The van der Waals surface area contributed by atoms with E-state index < -0.39 is 5.97 Å².